The Morgan fingerprint density at radius 1 is 1.00 bits per heavy atom. The lowest BCUT2D eigenvalue weighted by Crippen LogP contribution is -2.26. The SMILES string of the molecule is C=CCOC(=O)NCCSc1nc2ccc(NC(=O)c3cc(NC(C)=O)cc(NC(C)=O)c3)cc2s1. The Balaban J connectivity index is 1.66. The van der Waals surface area contributed by atoms with E-state index < -0.39 is 12.0 Å². The summed E-state index contributed by atoms with van der Waals surface area (Å²) >= 11 is 2.98. The molecule has 1 heterocycles. The predicted molar refractivity (Wildman–Crippen MR) is 143 cm³/mol. The van der Waals surface area contributed by atoms with Crippen LogP contribution in [0.25, 0.3) is 10.2 Å². The number of nitrogens with one attached hydrogen (secondary N) is 4. The zero-order chi connectivity index (χ0) is 26.1. The van der Waals surface area contributed by atoms with Gasteiger partial charge in [-0.05, 0) is 36.4 Å². The highest BCUT2D eigenvalue weighted by atomic mass is 32.2. The smallest absolute Gasteiger partial charge is 0.407 e. The van der Waals surface area contributed by atoms with Crippen LogP contribution in [-0.2, 0) is 14.3 Å². The van der Waals surface area contributed by atoms with Gasteiger partial charge in [0.1, 0.15) is 6.61 Å². The lowest BCUT2D eigenvalue weighted by Gasteiger charge is -2.11. The number of hydrogen-bond acceptors (Lipinski definition) is 8. The molecule has 10 nitrogen and oxygen atoms in total. The first-order valence-corrected chi connectivity index (χ1v) is 12.6. The molecule has 188 valence electrons. The van der Waals surface area contributed by atoms with Crippen molar-refractivity contribution in [1.82, 2.24) is 10.3 Å². The normalized spacial score (nSPS) is 10.4. The topological polar surface area (TPSA) is 139 Å². The number of rotatable bonds is 10. The van der Waals surface area contributed by atoms with Gasteiger partial charge in [0.25, 0.3) is 5.91 Å². The molecule has 0 atom stereocenters. The molecule has 0 unspecified atom stereocenters. The van der Waals surface area contributed by atoms with Crippen LogP contribution >= 0.6 is 23.1 Å². The molecule has 0 aliphatic heterocycles. The fraction of sp³-hybridized carbons (Fsp3) is 0.208. The summed E-state index contributed by atoms with van der Waals surface area (Å²) in [6.45, 7) is 6.79. The summed E-state index contributed by atoms with van der Waals surface area (Å²) in [5.41, 5.74) is 2.42. The standard InChI is InChI=1S/C24H25N5O5S2/c1-4-8-34-23(33)25-7-9-35-24-29-20-6-5-17(13-21(20)36-24)28-22(32)16-10-18(26-14(2)30)12-19(11-16)27-15(3)31/h4-6,10-13H,1,7-9H2,2-3H3,(H,25,33)(H,26,30)(H,27,31)(H,28,32). The van der Waals surface area contributed by atoms with E-state index in [0.717, 1.165) is 14.6 Å². The van der Waals surface area contributed by atoms with Crippen LogP contribution in [0.3, 0.4) is 0 Å². The van der Waals surface area contributed by atoms with Crippen LogP contribution in [0, 0.1) is 0 Å². The average Bonchev–Trinajstić information content (AvgIpc) is 3.21. The van der Waals surface area contributed by atoms with Gasteiger partial charge in [0, 0.05) is 48.8 Å². The highest BCUT2D eigenvalue weighted by Gasteiger charge is 2.13. The van der Waals surface area contributed by atoms with Gasteiger partial charge in [-0.25, -0.2) is 9.78 Å². The minimum Gasteiger partial charge on any atom is -0.445 e. The lowest BCUT2D eigenvalue weighted by molar-refractivity contribution is -0.115. The van der Waals surface area contributed by atoms with E-state index in [9.17, 15) is 19.2 Å². The van der Waals surface area contributed by atoms with Crippen molar-refractivity contribution < 1.29 is 23.9 Å². The number of aromatic nitrogens is 1. The first-order chi connectivity index (χ1) is 17.2. The molecule has 4 N–H and O–H groups in total. The quantitative estimate of drug-likeness (QED) is 0.173. The zero-order valence-electron chi connectivity index (χ0n) is 19.7. The second kappa shape index (κ2) is 12.7. The number of ether oxygens (including phenoxy) is 1. The Morgan fingerprint density at radius 2 is 1.69 bits per heavy atom. The number of nitrogens with zero attached hydrogens (tertiary/aromatic N) is 1. The van der Waals surface area contributed by atoms with Crippen LogP contribution in [0.5, 0.6) is 0 Å². The second-order valence-corrected chi connectivity index (χ2v) is 9.81. The third-order valence-electron chi connectivity index (χ3n) is 4.39. The first kappa shape index (κ1) is 26.7. The molecule has 0 saturated carbocycles. The summed E-state index contributed by atoms with van der Waals surface area (Å²) in [4.78, 5) is 51.9. The summed E-state index contributed by atoms with van der Waals surface area (Å²) in [5, 5.41) is 10.7. The van der Waals surface area contributed by atoms with Crippen molar-refractivity contribution in [2.24, 2.45) is 0 Å². The van der Waals surface area contributed by atoms with Crippen LogP contribution in [0.15, 0.2) is 53.4 Å². The summed E-state index contributed by atoms with van der Waals surface area (Å²) in [6, 6.07) is 10.0. The van der Waals surface area contributed by atoms with Gasteiger partial charge in [0.2, 0.25) is 11.8 Å². The van der Waals surface area contributed by atoms with Crippen molar-refractivity contribution in [1.29, 1.82) is 0 Å². The van der Waals surface area contributed by atoms with E-state index in [1.807, 2.05) is 12.1 Å². The molecule has 0 spiro atoms. The van der Waals surface area contributed by atoms with Crippen molar-refractivity contribution in [3.8, 4) is 0 Å². The van der Waals surface area contributed by atoms with Gasteiger partial charge in [0.15, 0.2) is 4.34 Å². The number of anilines is 3. The number of thioether (sulfide) groups is 1. The maximum Gasteiger partial charge on any atom is 0.407 e. The predicted octanol–water partition coefficient (Wildman–Crippen LogP) is 4.47. The molecule has 36 heavy (non-hydrogen) atoms. The van der Waals surface area contributed by atoms with Gasteiger partial charge < -0.3 is 26.0 Å². The van der Waals surface area contributed by atoms with E-state index in [2.05, 4.69) is 32.8 Å². The molecule has 1 aromatic heterocycles. The van der Waals surface area contributed by atoms with Crippen molar-refractivity contribution in [3.05, 3.63) is 54.6 Å². The van der Waals surface area contributed by atoms with Crippen LogP contribution < -0.4 is 21.3 Å². The van der Waals surface area contributed by atoms with Gasteiger partial charge in [-0.1, -0.05) is 24.4 Å². The average molecular weight is 528 g/mol. The largest absolute Gasteiger partial charge is 0.445 e. The maximum absolute atomic E-state index is 12.9. The molecule has 0 bridgehead atoms. The summed E-state index contributed by atoms with van der Waals surface area (Å²) in [5.74, 6) is -0.377. The van der Waals surface area contributed by atoms with Crippen LogP contribution in [0.2, 0.25) is 0 Å². The van der Waals surface area contributed by atoms with Crippen molar-refractivity contribution in [3.63, 3.8) is 0 Å². The monoisotopic (exact) mass is 527 g/mol. The second-order valence-electron chi connectivity index (χ2n) is 7.44. The van der Waals surface area contributed by atoms with Crippen molar-refractivity contribution in [2.45, 2.75) is 18.2 Å². The summed E-state index contributed by atoms with van der Waals surface area (Å²) in [7, 11) is 0. The Bertz CT molecular complexity index is 1270. The molecular formula is C24H25N5O5S2. The highest BCUT2D eigenvalue weighted by Crippen LogP contribution is 2.31. The molecule has 0 aliphatic rings. The van der Waals surface area contributed by atoms with E-state index in [0.29, 0.717) is 29.4 Å². The fourth-order valence-corrected chi connectivity index (χ4v) is 5.07. The van der Waals surface area contributed by atoms with E-state index >= 15 is 0 Å². The summed E-state index contributed by atoms with van der Waals surface area (Å²) < 4.78 is 6.57. The number of thiazole rings is 1. The minimum absolute atomic E-state index is 0.160. The van der Waals surface area contributed by atoms with E-state index in [1.165, 1.54) is 55.2 Å². The number of amides is 4. The number of carbonyl (C=O) groups excluding carboxylic acids is 4. The third-order valence-corrected chi connectivity index (χ3v) is 6.55. The number of fused-ring (bicyclic) bond motifs is 1. The number of hydrogen-bond donors (Lipinski definition) is 4. The molecular weight excluding hydrogens is 502 g/mol. The van der Waals surface area contributed by atoms with E-state index in [4.69, 9.17) is 4.74 Å². The van der Waals surface area contributed by atoms with Crippen LogP contribution in [0.4, 0.5) is 21.9 Å². The Labute approximate surface area is 215 Å². The summed E-state index contributed by atoms with van der Waals surface area (Å²) in [6.07, 6.45) is 1.00. The molecule has 2 aromatic carbocycles. The van der Waals surface area contributed by atoms with Crippen LogP contribution in [0.1, 0.15) is 24.2 Å². The van der Waals surface area contributed by atoms with Crippen LogP contribution in [-0.4, -0.2) is 47.7 Å². The minimum atomic E-state index is -0.494. The zero-order valence-corrected chi connectivity index (χ0v) is 21.3. The van der Waals surface area contributed by atoms with Gasteiger partial charge >= 0.3 is 6.09 Å². The molecule has 0 fully saturated rings. The number of benzene rings is 2. The molecule has 3 aromatic rings. The van der Waals surface area contributed by atoms with Gasteiger partial charge in [-0.2, -0.15) is 0 Å². The van der Waals surface area contributed by atoms with E-state index in [-0.39, 0.29) is 24.0 Å². The van der Waals surface area contributed by atoms with E-state index in [1.54, 1.807) is 12.1 Å². The fourth-order valence-electron chi connectivity index (χ4n) is 3.03. The number of alkyl carbamates (subject to hydrolysis) is 1. The molecule has 0 radical (unpaired) electrons. The molecule has 12 heteroatoms. The Morgan fingerprint density at radius 3 is 2.33 bits per heavy atom. The maximum atomic E-state index is 12.9. The molecule has 0 aliphatic carbocycles. The lowest BCUT2D eigenvalue weighted by atomic mass is 10.1. The molecule has 3 rings (SSSR count). The number of carbonyl (C=O) groups is 4. The Kier molecular flexibility index (Phi) is 9.42. The van der Waals surface area contributed by atoms with Crippen molar-refractivity contribution >= 4 is 74.2 Å². The van der Waals surface area contributed by atoms with Gasteiger partial charge in [0.05, 0.1) is 10.2 Å². The Hall–Kier alpha value is -3.90. The van der Waals surface area contributed by atoms with Gasteiger partial charge in [-0.3, -0.25) is 14.4 Å². The third kappa shape index (κ3) is 8.10. The van der Waals surface area contributed by atoms with Gasteiger partial charge in [-0.15, -0.1) is 11.3 Å². The first-order valence-electron chi connectivity index (χ1n) is 10.8. The van der Waals surface area contributed by atoms with Crippen molar-refractivity contribution in [2.75, 3.05) is 34.9 Å². The molecule has 4 amide bonds. The highest BCUT2D eigenvalue weighted by molar-refractivity contribution is 8.01. The molecule has 0 saturated heterocycles.